The largest absolute Gasteiger partial charge is 0.459 e. The Labute approximate surface area is 159 Å². The Kier molecular flexibility index (Phi) is 7.91. The molecule has 0 unspecified atom stereocenters. The van der Waals surface area contributed by atoms with E-state index < -0.39 is 0 Å². The molecule has 0 fully saturated rings. The lowest BCUT2D eigenvalue weighted by atomic mass is 10.1. The number of carbonyl (C=O) groups excluding carboxylic acids is 1. The summed E-state index contributed by atoms with van der Waals surface area (Å²) in [4.78, 5) is 16.5. The molecule has 2 heterocycles. The normalized spacial score (nSPS) is 11.7. The lowest BCUT2D eigenvalue weighted by Gasteiger charge is -2.11. The fraction of sp³-hybridized carbons (Fsp3) is 0.526. The summed E-state index contributed by atoms with van der Waals surface area (Å²) >= 11 is 0. The van der Waals surface area contributed by atoms with Gasteiger partial charge < -0.3 is 24.9 Å². The molecule has 8 heteroatoms. The minimum absolute atomic E-state index is 0.190. The molecule has 0 aliphatic heterocycles. The number of guanidine groups is 1. The van der Waals surface area contributed by atoms with E-state index in [0.717, 1.165) is 30.0 Å². The van der Waals surface area contributed by atoms with Gasteiger partial charge in [-0.15, -0.1) is 0 Å². The minimum Gasteiger partial charge on any atom is -0.459 e. The number of furan rings is 1. The summed E-state index contributed by atoms with van der Waals surface area (Å²) in [5.74, 6) is 1.94. The van der Waals surface area contributed by atoms with Crippen molar-refractivity contribution >= 4 is 11.9 Å². The molecule has 2 aromatic heterocycles. The molecule has 3 N–H and O–H groups in total. The number of amides is 1. The number of nitrogens with one attached hydrogen (secondary N) is 3. The van der Waals surface area contributed by atoms with Crippen LogP contribution in [-0.2, 0) is 6.54 Å². The van der Waals surface area contributed by atoms with Gasteiger partial charge in [0.25, 0.3) is 5.91 Å². The number of aromatic nitrogens is 1. The zero-order valence-electron chi connectivity index (χ0n) is 16.5. The smallest absolute Gasteiger partial charge is 0.287 e. The summed E-state index contributed by atoms with van der Waals surface area (Å²) in [7, 11) is 0. The molecule has 0 aliphatic carbocycles. The van der Waals surface area contributed by atoms with E-state index in [1.54, 1.807) is 6.07 Å². The predicted octanol–water partition coefficient (Wildman–Crippen LogP) is 2.57. The third-order valence-corrected chi connectivity index (χ3v) is 3.91. The van der Waals surface area contributed by atoms with Crippen LogP contribution >= 0.6 is 0 Å². The highest BCUT2D eigenvalue weighted by Gasteiger charge is 2.11. The molecule has 0 saturated carbocycles. The Balaban J connectivity index is 1.73. The zero-order valence-corrected chi connectivity index (χ0v) is 16.5. The number of carbonyl (C=O) groups is 1. The SMILES string of the molecule is CCNC(=NCc1cc(C(C)C)no1)NCCCNC(=O)c1occc1C. The number of aliphatic imine (C=N–C) groups is 1. The van der Waals surface area contributed by atoms with E-state index >= 15 is 0 Å². The Hall–Kier alpha value is -2.77. The van der Waals surface area contributed by atoms with Gasteiger partial charge in [0.2, 0.25) is 0 Å². The number of nitrogens with zero attached hydrogens (tertiary/aromatic N) is 2. The molecule has 2 rings (SSSR count). The highest BCUT2D eigenvalue weighted by Crippen LogP contribution is 2.14. The second-order valence-corrected chi connectivity index (χ2v) is 6.54. The molecular formula is C19H29N5O3. The summed E-state index contributed by atoms with van der Waals surface area (Å²) in [5, 5.41) is 13.3. The van der Waals surface area contributed by atoms with Crippen molar-refractivity contribution in [3.8, 4) is 0 Å². The highest BCUT2D eigenvalue weighted by molar-refractivity contribution is 5.92. The first-order valence-electron chi connectivity index (χ1n) is 9.31. The summed E-state index contributed by atoms with van der Waals surface area (Å²) in [6, 6.07) is 3.71. The number of rotatable bonds is 9. The van der Waals surface area contributed by atoms with Crippen LogP contribution in [0.4, 0.5) is 0 Å². The van der Waals surface area contributed by atoms with E-state index in [4.69, 9.17) is 8.94 Å². The lowest BCUT2D eigenvalue weighted by Crippen LogP contribution is -2.38. The van der Waals surface area contributed by atoms with E-state index in [1.807, 2.05) is 19.9 Å². The van der Waals surface area contributed by atoms with Crippen LogP contribution in [0.15, 0.2) is 32.3 Å². The van der Waals surface area contributed by atoms with Gasteiger partial charge in [-0.3, -0.25) is 4.79 Å². The lowest BCUT2D eigenvalue weighted by molar-refractivity contribution is 0.0925. The van der Waals surface area contributed by atoms with E-state index in [9.17, 15) is 4.79 Å². The minimum atomic E-state index is -0.190. The summed E-state index contributed by atoms with van der Waals surface area (Å²) in [6.07, 6.45) is 2.28. The van der Waals surface area contributed by atoms with E-state index in [0.29, 0.717) is 37.3 Å². The Morgan fingerprint density at radius 1 is 1.26 bits per heavy atom. The van der Waals surface area contributed by atoms with E-state index in [-0.39, 0.29) is 5.91 Å². The Morgan fingerprint density at radius 2 is 2.04 bits per heavy atom. The molecule has 0 radical (unpaired) electrons. The predicted molar refractivity (Wildman–Crippen MR) is 104 cm³/mol. The third-order valence-electron chi connectivity index (χ3n) is 3.91. The summed E-state index contributed by atoms with van der Waals surface area (Å²) in [5.41, 5.74) is 1.76. The molecule has 0 atom stereocenters. The van der Waals surface area contributed by atoms with Crippen molar-refractivity contribution in [2.24, 2.45) is 4.99 Å². The van der Waals surface area contributed by atoms with Gasteiger partial charge in [-0.2, -0.15) is 0 Å². The van der Waals surface area contributed by atoms with Crippen molar-refractivity contribution < 1.29 is 13.7 Å². The molecule has 0 aromatic carbocycles. The summed E-state index contributed by atoms with van der Waals surface area (Å²) in [6.45, 7) is 10.4. The molecule has 8 nitrogen and oxygen atoms in total. The highest BCUT2D eigenvalue weighted by atomic mass is 16.5. The van der Waals surface area contributed by atoms with Crippen LogP contribution in [0.2, 0.25) is 0 Å². The molecule has 2 aromatic rings. The monoisotopic (exact) mass is 375 g/mol. The first-order chi connectivity index (χ1) is 13.0. The quantitative estimate of drug-likeness (QED) is 0.353. The maximum atomic E-state index is 12.0. The number of hydrogen-bond donors (Lipinski definition) is 3. The van der Waals surface area contributed by atoms with Crippen LogP contribution < -0.4 is 16.0 Å². The molecule has 0 bridgehead atoms. The van der Waals surface area contributed by atoms with Crippen molar-refractivity contribution in [2.45, 2.75) is 46.6 Å². The zero-order chi connectivity index (χ0) is 19.6. The van der Waals surface area contributed by atoms with Crippen LogP contribution in [0.1, 0.15) is 60.7 Å². The first kappa shape index (κ1) is 20.5. The average molecular weight is 375 g/mol. The molecule has 27 heavy (non-hydrogen) atoms. The van der Waals surface area contributed by atoms with Gasteiger partial charge in [0.05, 0.1) is 12.0 Å². The van der Waals surface area contributed by atoms with E-state index in [1.165, 1.54) is 6.26 Å². The maximum Gasteiger partial charge on any atom is 0.287 e. The molecule has 0 spiro atoms. The van der Waals surface area contributed by atoms with Gasteiger partial charge >= 0.3 is 0 Å². The molecule has 0 saturated heterocycles. The van der Waals surface area contributed by atoms with Crippen molar-refractivity contribution in [3.63, 3.8) is 0 Å². The molecular weight excluding hydrogens is 346 g/mol. The van der Waals surface area contributed by atoms with Crippen LogP contribution in [0.3, 0.4) is 0 Å². The third kappa shape index (κ3) is 6.47. The second-order valence-electron chi connectivity index (χ2n) is 6.54. The Morgan fingerprint density at radius 3 is 2.67 bits per heavy atom. The van der Waals surface area contributed by atoms with E-state index in [2.05, 4.69) is 39.9 Å². The number of hydrogen-bond acceptors (Lipinski definition) is 5. The fourth-order valence-corrected chi connectivity index (χ4v) is 2.36. The van der Waals surface area contributed by atoms with Crippen LogP contribution in [-0.4, -0.2) is 36.7 Å². The van der Waals surface area contributed by atoms with Gasteiger partial charge in [0.15, 0.2) is 17.5 Å². The first-order valence-corrected chi connectivity index (χ1v) is 9.31. The topological polar surface area (TPSA) is 105 Å². The second kappa shape index (κ2) is 10.4. The van der Waals surface area contributed by atoms with Crippen LogP contribution in [0, 0.1) is 6.92 Å². The van der Waals surface area contributed by atoms with Crippen molar-refractivity contribution in [1.82, 2.24) is 21.1 Å². The molecule has 0 aliphatic rings. The van der Waals surface area contributed by atoms with Crippen molar-refractivity contribution in [1.29, 1.82) is 0 Å². The van der Waals surface area contributed by atoms with Crippen LogP contribution in [0.25, 0.3) is 0 Å². The van der Waals surface area contributed by atoms with Gasteiger partial charge in [-0.1, -0.05) is 19.0 Å². The van der Waals surface area contributed by atoms with Crippen molar-refractivity contribution in [3.05, 3.63) is 41.2 Å². The fourth-order valence-electron chi connectivity index (χ4n) is 2.36. The van der Waals surface area contributed by atoms with Crippen LogP contribution in [0.5, 0.6) is 0 Å². The van der Waals surface area contributed by atoms with Gasteiger partial charge in [-0.05, 0) is 32.3 Å². The maximum absolute atomic E-state index is 12.0. The summed E-state index contributed by atoms with van der Waals surface area (Å²) < 4.78 is 10.5. The molecule has 148 valence electrons. The van der Waals surface area contributed by atoms with Crippen molar-refractivity contribution in [2.75, 3.05) is 19.6 Å². The Bertz CT molecular complexity index is 748. The average Bonchev–Trinajstić information content (AvgIpc) is 3.28. The standard InChI is InChI=1S/C19H29N5O3/c1-5-20-19(23-12-15-11-16(13(2)3)24-27-15)22-9-6-8-21-18(25)17-14(4)7-10-26-17/h7,10-11,13H,5-6,8-9,12H2,1-4H3,(H,21,25)(H2,20,22,23). The molecule has 1 amide bonds. The van der Waals surface area contributed by atoms with Gasteiger partial charge in [-0.25, -0.2) is 4.99 Å². The number of aryl methyl sites for hydroxylation is 1. The van der Waals surface area contributed by atoms with Gasteiger partial charge in [0, 0.05) is 31.3 Å². The van der Waals surface area contributed by atoms with Gasteiger partial charge in [0.1, 0.15) is 6.54 Å².